The fraction of sp³-hybridized carbons (Fsp3) is 0.368. The second-order valence-electron chi connectivity index (χ2n) is 6.54. The van der Waals surface area contributed by atoms with Crippen molar-refractivity contribution in [3.63, 3.8) is 0 Å². The van der Waals surface area contributed by atoms with Gasteiger partial charge in [-0.3, -0.25) is 0 Å². The highest BCUT2D eigenvalue weighted by atomic mass is 35.5. The van der Waals surface area contributed by atoms with Gasteiger partial charge in [0.05, 0.1) is 0 Å². The zero-order valence-electron chi connectivity index (χ0n) is 12.6. The third-order valence-corrected chi connectivity index (χ3v) is 5.08. The van der Waals surface area contributed by atoms with Gasteiger partial charge in [-0.25, -0.2) is 0 Å². The summed E-state index contributed by atoms with van der Waals surface area (Å²) in [5.74, 6) is 2.04. The Morgan fingerprint density at radius 3 is 2.24 bits per heavy atom. The maximum Gasteiger partial charge on any atom is 0.0141 e. The summed E-state index contributed by atoms with van der Waals surface area (Å²) in [6.07, 6.45) is 1.21. The van der Waals surface area contributed by atoms with Crippen LogP contribution in [0.25, 0.3) is 0 Å². The molecule has 1 nitrogen and oxygen atoms in total. The van der Waals surface area contributed by atoms with Crippen LogP contribution in [-0.4, -0.2) is 25.5 Å². The third-order valence-electron chi connectivity index (χ3n) is 5.08. The SMILES string of the molecule is CN(C)CC1C2Cc3ccccc3C1c1ccccc12.Cl. The minimum atomic E-state index is 0. The Hall–Kier alpha value is -1.31. The first kappa shape index (κ1) is 14.6. The van der Waals surface area contributed by atoms with Crippen molar-refractivity contribution in [2.24, 2.45) is 5.92 Å². The predicted molar refractivity (Wildman–Crippen MR) is 90.5 cm³/mol. The highest BCUT2D eigenvalue weighted by Gasteiger charge is 2.45. The molecule has 0 amide bonds. The van der Waals surface area contributed by atoms with Crippen molar-refractivity contribution in [2.45, 2.75) is 18.3 Å². The molecule has 0 aliphatic heterocycles. The zero-order valence-corrected chi connectivity index (χ0v) is 13.4. The second-order valence-corrected chi connectivity index (χ2v) is 6.54. The Kier molecular flexibility index (Phi) is 3.81. The van der Waals surface area contributed by atoms with Gasteiger partial charge in [0.25, 0.3) is 0 Å². The molecule has 0 saturated carbocycles. The molecule has 2 aromatic carbocycles. The summed E-state index contributed by atoms with van der Waals surface area (Å²) < 4.78 is 0. The van der Waals surface area contributed by atoms with Crippen molar-refractivity contribution >= 4 is 12.4 Å². The van der Waals surface area contributed by atoms with Crippen molar-refractivity contribution in [1.82, 2.24) is 4.90 Å². The molecule has 0 fully saturated rings. The van der Waals surface area contributed by atoms with E-state index in [4.69, 9.17) is 0 Å². The standard InChI is InChI=1S/C19H21N.ClH/c1-20(2)12-18-17-11-13-7-3-4-8-14(13)19(18)16-10-6-5-9-15(16)17;/h3-10,17-19H,11-12H2,1-2H3;1H. The van der Waals surface area contributed by atoms with Crippen LogP contribution in [0.1, 0.15) is 34.1 Å². The van der Waals surface area contributed by atoms with Crippen molar-refractivity contribution in [1.29, 1.82) is 0 Å². The summed E-state index contributed by atoms with van der Waals surface area (Å²) in [5, 5.41) is 0. The van der Waals surface area contributed by atoms with Gasteiger partial charge in [-0.15, -0.1) is 12.4 Å². The summed E-state index contributed by atoms with van der Waals surface area (Å²) in [5.41, 5.74) is 6.31. The number of hydrogen-bond acceptors (Lipinski definition) is 1. The monoisotopic (exact) mass is 299 g/mol. The normalized spacial score (nSPS) is 25.2. The lowest BCUT2D eigenvalue weighted by Gasteiger charge is -2.34. The average Bonchev–Trinajstić information content (AvgIpc) is 2.65. The van der Waals surface area contributed by atoms with Gasteiger partial charge in [0.15, 0.2) is 0 Å². The number of halogens is 1. The van der Waals surface area contributed by atoms with E-state index in [1.165, 1.54) is 13.0 Å². The lowest BCUT2D eigenvalue weighted by molar-refractivity contribution is 0.274. The molecule has 3 unspecified atom stereocenters. The second kappa shape index (κ2) is 5.47. The van der Waals surface area contributed by atoms with Gasteiger partial charge in [0.1, 0.15) is 0 Å². The lowest BCUT2D eigenvalue weighted by Crippen LogP contribution is -2.31. The molecule has 2 heteroatoms. The fourth-order valence-corrected chi connectivity index (χ4v) is 4.40. The largest absolute Gasteiger partial charge is 0.309 e. The minimum absolute atomic E-state index is 0. The highest BCUT2D eigenvalue weighted by molar-refractivity contribution is 5.85. The number of fused-ring (bicyclic) bond motifs is 7. The van der Waals surface area contributed by atoms with E-state index in [0.717, 1.165) is 5.92 Å². The topological polar surface area (TPSA) is 3.24 Å². The Balaban J connectivity index is 0.00000132. The van der Waals surface area contributed by atoms with Crippen LogP contribution in [0.2, 0.25) is 0 Å². The molecular weight excluding hydrogens is 278 g/mol. The molecule has 4 rings (SSSR count). The number of nitrogens with zero attached hydrogens (tertiary/aromatic N) is 1. The van der Waals surface area contributed by atoms with Gasteiger partial charge in [0.2, 0.25) is 0 Å². The molecule has 21 heavy (non-hydrogen) atoms. The van der Waals surface area contributed by atoms with E-state index < -0.39 is 0 Å². The molecule has 2 aliphatic carbocycles. The summed E-state index contributed by atoms with van der Waals surface area (Å²) >= 11 is 0. The Bertz CT molecular complexity index is 639. The van der Waals surface area contributed by atoms with E-state index in [0.29, 0.717) is 11.8 Å². The Morgan fingerprint density at radius 1 is 0.905 bits per heavy atom. The first-order valence-electron chi connectivity index (χ1n) is 7.57. The van der Waals surface area contributed by atoms with Gasteiger partial charge in [-0.1, -0.05) is 48.5 Å². The van der Waals surface area contributed by atoms with Crippen molar-refractivity contribution in [3.8, 4) is 0 Å². The molecule has 0 aromatic heterocycles. The van der Waals surface area contributed by atoms with Crippen molar-refractivity contribution < 1.29 is 0 Å². The lowest BCUT2D eigenvalue weighted by atomic mass is 9.73. The first-order chi connectivity index (χ1) is 9.75. The Labute approximate surface area is 133 Å². The average molecular weight is 300 g/mol. The van der Waals surface area contributed by atoms with Crippen LogP contribution < -0.4 is 0 Å². The van der Waals surface area contributed by atoms with Crippen LogP contribution in [0.3, 0.4) is 0 Å². The molecule has 2 bridgehead atoms. The van der Waals surface area contributed by atoms with Crippen LogP contribution >= 0.6 is 12.4 Å². The van der Waals surface area contributed by atoms with Crippen LogP contribution in [0.5, 0.6) is 0 Å². The molecule has 3 atom stereocenters. The van der Waals surface area contributed by atoms with Crippen LogP contribution in [-0.2, 0) is 6.42 Å². The molecule has 2 aliphatic rings. The van der Waals surface area contributed by atoms with Gasteiger partial charge < -0.3 is 4.90 Å². The molecule has 0 saturated heterocycles. The third kappa shape index (κ3) is 2.20. The molecule has 0 spiro atoms. The summed E-state index contributed by atoms with van der Waals surface area (Å²) in [7, 11) is 4.40. The summed E-state index contributed by atoms with van der Waals surface area (Å²) in [4.78, 5) is 2.35. The van der Waals surface area contributed by atoms with Gasteiger partial charge in [0, 0.05) is 12.5 Å². The minimum Gasteiger partial charge on any atom is -0.309 e. The molecular formula is C19H22ClN. The van der Waals surface area contributed by atoms with Gasteiger partial charge in [-0.05, 0) is 54.6 Å². The van der Waals surface area contributed by atoms with E-state index in [1.807, 2.05) is 0 Å². The first-order valence-corrected chi connectivity index (χ1v) is 7.57. The van der Waals surface area contributed by atoms with E-state index in [9.17, 15) is 0 Å². The predicted octanol–water partition coefficient (Wildman–Crippen LogP) is 4.07. The molecule has 0 heterocycles. The fourth-order valence-electron chi connectivity index (χ4n) is 4.40. The molecule has 110 valence electrons. The van der Waals surface area contributed by atoms with E-state index in [-0.39, 0.29) is 12.4 Å². The number of hydrogen-bond donors (Lipinski definition) is 0. The van der Waals surface area contributed by atoms with Crippen molar-refractivity contribution in [2.75, 3.05) is 20.6 Å². The number of benzene rings is 2. The van der Waals surface area contributed by atoms with Crippen molar-refractivity contribution in [3.05, 3.63) is 70.8 Å². The van der Waals surface area contributed by atoms with Gasteiger partial charge >= 0.3 is 0 Å². The smallest absolute Gasteiger partial charge is 0.0141 e. The molecule has 2 aromatic rings. The summed E-state index contributed by atoms with van der Waals surface area (Å²) in [6, 6.07) is 18.2. The van der Waals surface area contributed by atoms with Crippen LogP contribution in [0, 0.1) is 5.92 Å². The van der Waals surface area contributed by atoms with Gasteiger partial charge in [-0.2, -0.15) is 0 Å². The highest BCUT2D eigenvalue weighted by Crippen LogP contribution is 2.55. The molecule has 0 radical (unpaired) electrons. The van der Waals surface area contributed by atoms with Crippen LogP contribution in [0.15, 0.2) is 48.5 Å². The van der Waals surface area contributed by atoms with E-state index in [2.05, 4.69) is 67.5 Å². The quantitative estimate of drug-likeness (QED) is 0.808. The number of rotatable bonds is 2. The van der Waals surface area contributed by atoms with E-state index in [1.54, 1.807) is 22.3 Å². The Morgan fingerprint density at radius 2 is 1.52 bits per heavy atom. The van der Waals surface area contributed by atoms with Crippen LogP contribution in [0.4, 0.5) is 0 Å². The molecule has 0 N–H and O–H groups in total. The zero-order chi connectivity index (χ0) is 13.7. The maximum absolute atomic E-state index is 2.36. The summed E-state index contributed by atoms with van der Waals surface area (Å²) in [6.45, 7) is 1.18. The maximum atomic E-state index is 2.36. The van der Waals surface area contributed by atoms with E-state index >= 15 is 0 Å².